The number of nitrogens with one attached hydrogen (secondary N) is 1. The lowest BCUT2D eigenvalue weighted by Crippen LogP contribution is -2.36. The molecule has 1 aromatic heterocycles. The molecular formula is C23H27N3O3. The summed E-state index contributed by atoms with van der Waals surface area (Å²) in [5.41, 5.74) is 3.00. The number of likely N-dealkylation sites (tertiary alicyclic amines) is 1. The molecular weight excluding hydrogens is 366 g/mol. The topological polar surface area (TPSA) is 71.5 Å². The third-order valence-corrected chi connectivity index (χ3v) is 6.33. The van der Waals surface area contributed by atoms with Crippen molar-refractivity contribution >= 4 is 11.9 Å². The number of esters is 1. The van der Waals surface area contributed by atoms with Crippen molar-refractivity contribution in [3.05, 3.63) is 65.5 Å². The first-order valence-electron chi connectivity index (χ1n) is 10.2. The number of ether oxygens (including phenoxy) is 1. The van der Waals surface area contributed by atoms with Gasteiger partial charge in [-0.1, -0.05) is 18.2 Å². The number of benzene rings is 1. The van der Waals surface area contributed by atoms with E-state index in [-0.39, 0.29) is 23.2 Å². The molecule has 1 spiro atoms. The molecule has 6 nitrogen and oxygen atoms in total. The molecule has 2 fully saturated rings. The highest BCUT2D eigenvalue weighted by Crippen LogP contribution is 2.59. The van der Waals surface area contributed by atoms with Crippen molar-refractivity contribution in [2.75, 3.05) is 20.2 Å². The average molecular weight is 393 g/mol. The van der Waals surface area contributed by atoms with E-state index in [1.54, 1.807) is 12.4 Å². The highest BCUT2D eigenvalue weighted by molar-refractivity contribution is 5.89. The number of aromatic nitrogens is 1. The van der Waals surface area contributed by atoms with E-state index in [2.05, 4.69) is 15.2 Å². The smallest absolute Gasteiger partial charge is 0.337 e. The van der Waals surface area contributed by atoms with E-state index in [0.29, 0.717) is 12.1 Å². The van der Waals surface area contributed by atoms with Gasteiger partial charge >= 0.3 is 5.97 Å². The van der Waals surface area contributed by atoms with Gasteiger partial charge in [-0.2, -0.15) is 0 Å². The van der Waals surface area contributed by atoms with E-state index < -0.39 is 0 Å². The molecule has 2 aliphatic rings. The van der Waals surface area contributed by atoms with Crippen LogP contribution in [0.1, 0.15) is 40.7 Å². The summed E-state index contributed by atoms with van der Waals surface area (Å²) in [4.78, 5) is 30.6. The molecule has 0 radical (unpaired) electrons. The minimum absolute atomic E-state index is 0.153. The van der Waals surface area contributed by atoms with E-state index in [9.17, 15) is 9.59 Å². The maximum Gasteiger partial charge on any atom is 0.337 e. The van der Waals surface area contributed by atoms with Crippen LogP contribution in [0.25, 0.3) is 0 Å². The summed E-state index contributed by atoms with van der Waals surface area (Å²) in [5, 5.41) is 3.07. The minimum atomic E-state index is -0.307. The molecule has 1 atom stereocenters. The van der Waals surface area contributed by atoms with Gasteiger partial charge in [0.2, 0.25) is 5.91 Å². The zero-order valence-electron chi connectivity index (χ0n) is 16.8. The molecule has 2 aromatic rings. The van der Waals surface area contributed by atoms with Crippen LogP contribution in [-0.2, 0) is 22.6 Å². The van der Waals surface area contributed by atoms with E-state index >= 15 is 0 Å². The first-order chi connectivity index (χ1) is 14.1. The Morgan fingerprint density at radius 1 is 1.17 bits per heavy atom. The molecule has 1 amide bonds. The van der Waals surface area contributed by atoms with Gasteiger partial charge in [0.25, 0.3) is 0 Å². The van der Waals surface area contributed by atoms with Crippen molar-refractivity contribution in [1.82, 2.24) is 15.2 Å². The van der Waals surface area contributed by atoms with Crippen molar-refractivity contribution in [1.29, 1.82) is 0 Å². The monoisotopic (exact) mass is 393 g/mol. The largest absolute Gasteiger partial charge is 0.465 e. The average Bonchev–Trinajstić information content (AvgIpc) is 3.48. The molecule has 1 saturated heterocycles. The molecule has 1 aliphatic carbocycles. The standard InChI is InChI=1S/C23H27N3O3/c1-29-22(28)19-6-4-17(5-7-19)16-26-11-8-23(9-12-26)13-20(23)21(27)25-15-18-3-2-10-24-14-18/h2-7,10,14,20H,8-9,11-13,15-16H2,1H3,(H,25,27). The van der Waals surface area contributed by atoms with Gasteiger partial charge in [-0.05, 0) is 67.1 Å². The Morgan fingerprint density at radius 3 is 2.59 bits per heavy atom. The summed E-state index contributed by atoms with van der Waals surface area (Å²) in [7, 11) is 1.39. The number of methoxy groups -OCH3 is 1. The Morgan fingerprint density at radius 2 is 1.93 bits per heavy atom. The Hall–Kier alpha value is -2.73. The molecule has 0 bridgehead atoms. The van der Waals surface area contributed by atoms with E-state index in [1.165, 1.54) is 12.7 Å². The zero-order valence-corrected chi connectivity index (χ0v) is 16.8. The highest BCUT2D eigenvalue weighted by Gasteiger charge is 2.58. The maximum atomic E-state index is 12.6. The number of nitrogens with zero attached hydrogens (tertiary/aromatic N) is 2. The lowest BCUT2D eigenvalue weighted by molar-refractivity contribution is -0.123. The van der Waals surface area contributed by atoms with Crippen molar-refractivity contribution in [3.63, 3.8) is 0 Å². The fourth-order valence-corrected chi connectivity index (χ4v) is 4.36. The fourth-order valence-electron chi connectivity index (χ4n) is 4.36. The van der Waals surface area contributed by atoms with Gasteiger partial charge in [0.05, 0.1) is 12.7 Å². The lowest BCUT2D eigenvalue weighted by Gasteiger charge is -2.32. The van der Waals surface area contributed by atoms with E-state index in [0.717, 1.165) is 44.5 Å². The Labute approximate surface area is 171 Å². The van der Waals surface area contributed by atoms with Crippen molar-refractivity contribution < 1.29 is 14.3 Å². The summed E-state index contributed by atoms with van der Waals surface area (Å²) >= 11 is 0. The molecule has 6 heteroatoms. The molecule has 152 valence electrons. The van der Waals surface area contributed by atoms with Gasteiger partial charge in [0.1, 0.15) is 0 Å². The molecule has 1 N–H and O–H groups in total. The third-order valence-electron chi connectivity index (χ3n) is 6.33. The lowest BCUT2D eigenvalue weighted by atomic mass is 9.90. The van der Waals surface area contributed by atoms with Gasteiger partial charge in [-0.15, -0.1) is 0 Å². The van der Waals surface area contributed by atoms with Crippen molar-refractivity contribution in [2.45, 2.75) is 32.4 Å². The first-order valence-corrected chi connectivity index (χ1v) is 10.2. The van der Waals surface area contributed by atoms with Gasteiger partial charge < -0.3 is 10.1 Å². The minimum Gasteiger partial charge on any atom is -0.465 e. The molecule has 4 rings (SSSR count). The van der Waals surface area contributed by atoms with Crippen LogP contribution in [0.4, 0.5) is 0 Å². The summed E-state index contributed by atoms with van der Waals surface area (Å²) in [6, 6.07) is 11.5. The predicted molar refractivity (Wildman–Crippen MR) is 109 cm³/mol. The van der Waals surface area contributed by atoms with E-state index in [4.69, 9.17) is 4.74 Å². The van der Waals surface area contributed by atoms with Gasteiger partial charge in [0.15, 0.2) is 0 Å². The van der Waals surface area contributed by atoms with Crippen LogP contribution in [0.2, 0.25) is 0 Å². The van der Waals surface area contributed by atoms with Crippen LogP contribution < -0.4 is 5.32 Å². The van der Waals surface area contributed by atoms with E-state index in [1.807, 2.05) is 36.4 Å². The third kappa shape index (κ3) is 4.48. The predicted octanol–water partition coefficient (Wildman–Crippen LogP) is 2.79. The number of hydrogen-bond donors (Lipinski definition) is 1. The summed E-state index contributed by atoms with van der Waals surface area (Å²) in [6.07, 6.45) is 6.67. The quantitative estimate of drug-likeness (QED) is 0.764. The number of pyridine rings is 1. The molecule has 29 heavy (non-hydrogen) atoms. The summed E-state index contributed by atoms with van der Waals surface area (Å²) in [5.74, 6) is 0.0272. The summed E-state index contributed by atoms with van der Waals surface area (Å²) in [6.45, 7) is 3.43. The molecule has 2 heterocycles. The number of amides is 1. The van der Waals surface area contributed by atoms with Crippen LogP contribution in [0.5, 0.6) is 0 Å². The van der Waals surface area contributed by atoms with Gasteiger partial charge in [-0.25, -0.2) is 4.79 Å². The molecule has 1 aliphatic heterocycles. The zero-order chi connectivity index (χ0) is 20.3. The highest BCUT2D eigenvalue weighted by atomic mass is 16.5. The molecule has 1 saturated carbocycles. The fraction of sp³-hybridized carbons (Fsp3) is 0.435. The van der Waals surface area contributed by atoms with Crippen LogP contribution in [0, 0.1) is 11.3 Å². The molecule has 1 unspecified atom stereocenters. The SMILES string of the molecule is COC(=O)c1ccc(CN2CCC3(CC2)CC3C(=O)NCc2cccnc2)cc1. The Kier molecular flexibility index (Phi) is 5.62. The maximum absolute atomic E-state index is 12.6. The number of carbonyl (C=O) groups is 2. The first kappa shape index (κ1) is 19.6. The van der Waals surface area contributed by atoms with Crippen LogP contribution in [-0.4, -0.2) is 42.0 Å². The second-order valence-corrected chi connectivity index (χ2v) is 8.16. The van der Waals surface area contributed by atoms with Crippen LogP contribution in [0.15, 0.2) is 48.8 Å². The second-order valence-electron chi connectivity index (χ2n) is 8.16. The summed E-state index contributed by atoms with van der Waals surface area (Å²) < 4.78 is 4.74. The van der Waals surface area contributed by atoms with Crippen LogP contribution in [0.3, 0.4) is 0 Å². The van der Waals surface area contributed by atoms with Crippen LogP contribution >= 0.6 is 0 Å². The Balaban J connectivity index is 1.23. The normalized spacial score (nSPS) is 20.2. The number of carbonyl (C=O) groups excluding carboxylic acids is 2. The van der Waals surface area contributed by atoms with Gasteiger partial charge in [-0.3, -0.25) is 14.7 Å². The number of piperidine rings is 1. The Bertz CT molecular complexity index is 859. The molecule has 1 aromatic carbocycles. The number of rotatable bonds is 6. The van der Waals surface area contributed by atoms with Crippen molar-refractivity contribution in [3.8, 4) is 0 Å². The van der Waals surface area contributed by atoms with Crippen molar-refractivity contribution in [2.24, 2.45) is 11.3 Å². The van der Waals surface area contributed by atoms with Gasteiger partial charge in [0, 0.05) is 31.4 Å². The number of hydrogen-bond acceptors (Lipinski definition) is 5. The second kappa shape index (κ2) is 8.33.